The lowest BCUT2D eigenvalue weighted by Crippen LogP contribution is -2.45. The number of nitrogens with one attached hydrogen (secondary N) is 1. The molecule has 0 heterocycles. The maximum atomic E-state index is 12.4. The van der Waals surface area contributed by atoms with E-state index < -0.39 is 12.1 Å². The van der Waals surface area contributed by atoms with Crippen molar-refractivity contribution in [3.05, 3.63) is 12.2 Å². The number of unbranched alkanes of at least 4 members (excludes halogenated alkanes) is 44. The van der Waals surface area contributed by atoms with Crippen LogP contribution in [0.3, 0.4) is 0 Å². The molecule has 0 radical (unpaired) electrons. The van der Waals surface area contributed by atoms with Crippen molar-refractivity contribution < 1.29 is 24.5 Å². The number of carbonyl (C=O) groups is 2. The molecule has 2 unspecified atom stereocenters. The van der Waals surface area contributed by atoms with Crippen molar-refractivity contribution in [2.75, 3.05) is 13.2 Å². The van der Waals surface area contributed by atoms with E-state index >= 15 is 0 Å². The van der Waals surface area contributed by atoms with Gasteiger partial charge in [-0.1, -0.05) is 296 Å². The van der Waals surface area contributed by atoms with Crippen LogP contribution in [0.1, 0.15) is 328 Å². The molecule has 0 aromatic heterocycles. The van der Waals surface area contributed by atoms with E-state index in [1.165, 1.54) is 263 Å². The highest BCUT2D eigenvalue weighted by molar-refractivity contribution is 5.76. The molecule has 65 heavy (non-hydrogen) atoms. The van der Waals surface area contributed by atoms with Crippen LogP contribution in [-0.2, 0) is 14.3 Å². The van der Waals surface area contributed by atoms with E-state index in [1.807, 2.05) is 6.08 Å². The number of amides is 1. The normalized spacial score (nSPS) is 12.6. The topological polar surface area (TPSA) is 95.9 Å². The molecular weight excluding hydrogens is 803 g/mol. The van der Waals surface area contributed by atoms with Crippen molar-refractivity contribution in [3.8, 4) is 0 Å². The van der Waals surface area contributed by atoms with Gasteiger partial charge in [-0.15, -0.1) is 0 Å². The second-order valence-corrected chi connectivity index (χ2v) is 20.3. The van der Waals surface area contributed by atoms with Gasteiger partial charge in [-0.3, -0.25) is 9.59 Å². The number of allylic oxidation sites excluding steroid dienone is 1. The van der Waals surface area contributed by atoms with Crippen LogP contribution in [0.5, 0.6) is 0 Å². The quantitative estimate of drug-likeness (QED) is 0.0321. The molecule has 0 saturated heterocycles. The van der Waals surface area contributed by atoms with Crippen LogP contribution in [0.2, 0.25) is 0 Å². The smallest absolute Gasteiger partial charge is 0.305 e. The van der Waals surface area contributed by atoms with E-state index in [0.717, 1.165) is 38.5 Å². The Balaban J connectivity index is 3.38. The van der Waals surface area contributed by atoms with E-state index in [1.54, 1.807) is 6.08 Å². The van der Waals surface area contributed by atoms with Gasteiger partial charge >= 0.3 is 5.97 Å². The van der Waals surface area contributed by atoms with Crippen molar-refractivity contribution >= 4 is 11.9 Å². The molecule has 3 N–H and O–H groups in total. The summed E-state index contributed by atoms with van der Waals surface area (Å²) in [6, 6.07) is -0.626. The Morgan fingerprint density at radius 3 is 1.05 bits per heavy atom. The predicted octanol–water partition coefficient (Wildman–Crippen LogP) is 18.1. The van der Waals surface area contributed by atoms with Crippen LogP contribution < -0.4 is 5.32 Å². The van der Waals surface area contributed by atoms with Gasteiger partial charge in [-0.05, 0) is 32.1 Å². The number of carbonyl (C=O) groups excluding carboxylic acids is 2. The molecule has 6 nitrogen and oxygen atoms in total. The van der Waals surface area contributed by atoms with Crippen LogP contribution in [0, 0.1) is 0 Å². The third kappa shape index (κ3) is 51.8. The van der Waals surface area contributed by atoms with Gasteiger partial charge in [0.05, 0.1) is 25.4 Å². The van der Waals surface area contributed by atoms with Gasteiger partial charge in [0.2, 0.25) is 5.91 Å². The number of hydrogen-bond donors (Lipinski definition) is 3. The first-order valence-corrected chi connectivity index (χ1v) is 29.5. The van der Waals surface area contributed by atoms with Gasteiger partial charge in [0, 0.05) is 12.8 Å². The van der Waals surface area contributed by atoms with Gasteiger partial charge in [0.25, 0.3) is 0 Å². The average molecular weight is 919 g/mol. The summed E-state index contributed by atoms with van der Waals surface area (Å²) in [5.41, 5.74) is 0. The SMILES string of the molecule is CCCCCCCCCCCCC/C=C/C(O)C(CO)NC(=O)CCCCCCCCCCCCCCCCCCCCCCCCOC(=O)CCCCCCCCCCCCCCC. The summed E-state index contributed by atoms with van der Waals surface area (Å²) in [4.78, 5) is 24.5. The number of aliphatic hydroxyl groups is 2. The zero-order chi connectivity index (χ0) is 47.2. The van der Waals surface area contributed by atoms with Crippen LogP contribution >= 0.6 is 0 Å². The predicted molar refractivity (Wildman–Crippen MR) is 283 cm³/mol. The zero-order valence-electron chi connectivity index (χ0n) is 44.0. The third-order valence-electron chi connectivity index (χ3n) is 13.8. The first-order chi connectivity index (χ1) is 32.0. The number of ether oxygens (including phenoxy) is 1. The summed E-state index contributed by atoms with van der Waals surface area (Å²) >= 11 is 0. The zero-order valence-corrected chi connectivity index (χ0v) is 44.0. The molecule has 0 aliphatic carbocycles. The molecule has 386 valence electrons. The highest BCUT2D eigenvalue weighted by Crippen LogP contribution is 2.18. The number of aliphatic hydroxyl groups excluding tert-OH is 2. The number of esters is 1. The van der Waals surface area contributed by atoms with E-state index in [2.05, 4.69) is 19.2 Å². The molecule has 0 aliphatic rings. The lowest BCUT2D eigenvalue weighted by molar-refractivity contribution is -0.143. The Kier molecular flexibility index (Phi) is 54.0. The minimum absolute atomic E-state index is 0.0146. The standard InChI is InChI=1S/C59H115NO5/c1-3-5-7-9-11-13-15-27-31-35-39-43-47-51-57(62)56(55-61)60-58(63)52-48-44-40-36-32-29-25-23-21-19-17-18-20-22-24-26-30-34-38-42-46-50-54-65-59(64)53-49-45-41-37-33-28-16-14-12-10-8-6-4-2/h47,51,56-57,61-62H,3-46,48-50,52-55H2,1-2H3,(H,60,63)/b51-47+. The minimum atomic E-state index is -0.842. The summed E-state index contributed by atoms with van der Waals surface area (Å²) in [6.07, 6.45) is 65.3. The largest absolute Gasteiger partial charge is 0.466 e. The second kappa shape index (κ2) is 55.2. The van der Waals surface area contributed by atoms with E-state index in [0.29, 0.717) is 19.4 Å². The summed E-state index contributed by atoms with van der Waals surface area (Å²) in [5.74, 6) is -0.0524. The lowest BCUT2D eigenvalue weighted by Gasteiger charge is -2.20. The molecule has 0 aliphatic heterocycles. The van der Waals surface area contributed by atoms with E-state index in [9.17, 15) is 19.8 Å². The molecule has 6 heteroatoms. The second-order valence-electron chi connectivity index (χ2n) is 20.3. The Morgan fingerprint density at radius 2 is 0.708 bits per heavy atom. The van der Waals surface area contributed by atoms with Crippen LogP contribution in [0.15, 0.2) is 12.2 Å². The Labute approximate surface area is 406 Å². The highest BCUT2D eigenvalue weighted by atomic mass is 16.5. The number of hydrogen-bond acceptors (Lipinski definition) is 5. The molecule has 0 aromatic rings. The Bertz CT molecular complexity index is 970. The van der Waals surface area contributed by atoms with E-state index in [-0.39, 0.29) is 18.5 Å². The summed E-state index contributed by atoms with van der Waals surface area (Å²) < 4.78 is 5.48. The van der Waals surface area contributed by atoms with Crippen molar-refractivity contribution in [2.45, 2.75) is 341 Å². The maximum absolute atomic E-state index is 12.4. The first-order valence-electron chi connectivity index (χ1n) is 29.5. The van der Waals surface area contributed by atoms with Crippen molar-refractivity contribution in [1.29, 1.82) is 0 Å². The average Bonchev–Trinajstić information content (AvgIpc) is 3.31. The third-order valence-corrected chi connectivity index (χ3v) is 13.8. The molecular formula is C59H115NO5. The summed E-state index contributed by atoms with van der Waals surface area (Å²) in [6.45, 7) is 4.92. The van der Waals surface area contributed by atoms with Crippen LogP contribution in [0.25, 0.3) is 0 Å². The van der Waals surface area contributed by atoms with Crippen molar-refractivity contribution in [2.24, 2.45) is 0 Å². The Hall–Kier alpha value is -1.40. The summed E-state index contributed by atoms with van der Waals surface area (Å²) in [5, 5.41) is 23.1. The minimum Gasteiger partial charge on any atom is -0.466 e. The molecule has 2 atom stereocenters. The molecule has 0 spiro atoms. The molecule has 0 fully saturated rings. The van der Waals surface area contributed by atoms with Crippen LogP contribution in [0.4, 0.5) is 0 Å². The molecule has 0 rings (SSSR count). The number of rotatable bonds is 55. The van der Waals surface area contributed by atoms with E-state index in [4.69, 9.17) is 4.74 Å². The fraction of sp³-hybridized carbons (Fsp3) is 0.932. The lowest BCUT2D eigenvalue weighted by atomic mass is 10.0. The van der Waals surface area contributed by atoms with Gasteiger partial charge in [0.15, 0.2) is 0 Å². The molecule has 0 aromatic carbocycles. The first kappa shape index (κ1) is 63.6. The highest BCUT2D eigenvalue weighted by Gasteiger charge is 2.18. The Morgan fingerprint density at radius 1 is 0.415 bits per heavy atom. The summed E-state index contributed by atoms with van der Waals surface area (Å²) in [7, 11) is 0. The molecule has 0 bridgehead atoms. The van der Waals surface area contributed by atoms with Crippen LogP contribution in [-0.4, -0.2) is 47.4 Å². The van der Waals surface area contributed by atoms with Gasteiger partial charge in [-0.2, -0.15) is 0 Å². The monoisotopic (exact) mass is 918 g/mol. The van der Waals surface area contributed by atoms with Crippen molar-refractivity contribution in [3.63, 3.8) is 0 Å². The fourth-order valence-corrected chi connectivity index (χ4v) is 9.28. The fourth-order valence-electron chi connectivity index (χ4n) is 9.28. The van der Waals surface area contributed by atoms with Gasteiger partial charge < -0.3 is 20.3 Å². The van der Waals surface area contributed by atoms with Crippen molar-refractivity contribution in [1.82, 2.24) is 5.32 Å². The molecule has 1 amide bonds. The van der Waals surface area contributed by atoms with Gasteiger partial charge in [-0.25, -0.2) is 0 Å². The molecule has 0 saturated carbocycles. The maximum Gasteiger partial charge on any atom is 0.305 e. The van der Waals surface area contributed by atoms with Gasteiger partial charge in [0.1, 0.15) is 0 Å².